The van der Waals surface area contributed by atoms with Crippen molar-refractivity contribution in [1.29, 1.82) is 0 Å². The van der Waals surface area contributed by atoms with Gasteiger partial charge in [0.2, 0.25) is 0 Å². The first-order chi connectivity index (χ1) is 20.7. The Morgan fingerprint density at radius 3 is 1.84 bits per heavy atom. The summed E-state index contributed by atoms with van der Waals surface area (Å²) in [4.78, 5) is 58.0. The van der Waals surface area contributed by atoms with E-state index in [1.54, 1.807) is 35.3 Å². The van der Waals surface area contributed by atoms with Crippen molar-refractivity contribution in [2.24, 2.45) is 11.3 Å². The van der Waals surface area contributed by atoms with Crippen LogP contribution in [0.25, 0.3) is 0 Å². The first-order valence-corrected chi connectivity index (χ1v) is 19.9. The molecule has 0 aromatic carbocycles. The van der Waals surface area contributed by atoms with E-state index in [0.29, 0.717) is 18.6 Å². The molecule has 0 bridgehead atoms. The SMILES string of the molecule is CCCCCCSCCC(=O)OCCC(C)(C)C(CSCCCCCC)C(=O)OOC(=O)C1(CSCCCCCC)OO1. The Balaban J connectivity index is 2.54. The molecule has 252 valence electrons. The monoisotopic (exact) mass is 666 g/mol. The number of carbonyl (C=O) groups is 3. The molecule has 1 aliphatic heterocycles. The van der Waals surface area contributed by atoms with Crippen molar-refractivity contribution >= 4 is 53.2 Å². The van der Waals surface area contributed by atoms with E-state index in [4.69, 9.17) is 24.3 Å². The number of ether oxygens (including phenoxy) is 1. The van der Waals surface area contributed by atoms with Crippen LogP contribution in [0.3, 0.4) is 0 Å². The van der Waals surface area contributed by atoms with Gasteiger partial charge in [-0.3, -0.25) is 4.79 Å². The van der Waals surface area contributed by atoms with Crippen molar-refractivity contribution < 1.29 is 38.7 Å². The highest BCUT2D eigenvalue weighted by Gasteiger charge is 2.60. The van der Waals surface area contributed by atoms with Gasteiger partial charge in [-0.15, -0.1) is 0 Å². The molecule has 0 aromatic rings. The maximum atomic E-state index is 13.2. The molecule has 11 heteroatoms. The Labute approximate surface area is 273 Å². The first-order valence-electron chi connectivity index (χ1n) is 16.4. The number of esters is 1. The average Bonchev–Trinajstić information content (AvgIpc) is 3.77. The Morgan fingerprint density at radius 2 is 1.28 bits per heavy atom. The van der Waals surface area contributed by atoms with Crippen LogP contribution in [-0.4, -0.2) is 64.8 Å². The van der Waals surface area contributed by atoms with Gasteiger partial charge >= 0.3 is 23.7 Å². The molecule has 0 radical (unpaired) electrons. The summed E-state index contributed by atoms with van der Waals surface area (Å²) in [5.74, 6) is 0.697. The molecule has 1 saturated heterocycles. The number of carbonyl (C=O) groups excluding carboxylic acids is 3. The second-order valence-electron chi connectivity index (χ2n) is 11.9. The van der Waals surface area contributed by atoms with Gasteiger partial charge in [0.05, 0.1) is 24.7 Å². The highest BCUT2D eigenvalue weighted by Crippen LogP contribution is 2.37. The third-order valence-corrected chi connectivity index (χ3v) is 10.9. The third kappa shape index (κ3) is 18.8. The van der Waals surface area contributed by atoms with Crippen LogP contribution < -0.4 is 0 Å². The van der Waals surface area contributed by atoms with Gasteiger partial charge in [0.15, 0.2) is 0 Å². The number of unbranched alkanes of at least 4 members (excludes halogenated alkanes) is 9. The molecule has 0 N–H and O–H groups in total. The molecule has 1 aliphatic rings. The number of rotatable bonds is 28. The van der Waals surface area contributed by atoms with Crippen LogP contribution in [-0.2, 0) is 38.7 Å². The lowest BCUT2D eigenvalue weighted by molar-refractivity contribution is -0.267. The fourth-order valence-corrected chi connectivity index (χ4v) is 7.63. The van der Waals surface area contributed by atoms with E-state index < -0.39 is 29.1 Å². The zero-order chi connectivity index (χ0) is 31.8. The van der Waals surface area contributed by atoms with Crippen LogP contribution in [0.2, 0.25) is 0 Å². The highest BCUT2D eigenvalue weighted by atomic mass is 32.2. The summed E-state index contributed by atoms with van der Waals surface area (Å²) in [6, 6.07) is 0. The third-order valence-electron chi connectivity index (χ3n) is 7.49. The average molecular weight is 667 g/mol. The minimum atomic E-state index is -1.50. The van der Waals surface area contributed by atoms with Crippen LogP contribution in [0.15, 0.2) is 0 Å². The Kier molecular flexibility index (Phi) is 23.1. The Morgan fingerprint density at radius 1 is 0.721 bits per heavy atom. The summed E-state index contributed by atoms with van der Waals surface area (Å²) in [6.45, 7) is 10.7. The molecule has 0 saturated carbocycles. The zero-order valence-electron chi connectivity index (χ0n) is 27.4. The first kappa shape index (κ1) is 40.4. The van der Waals surface area contributed by atoms with Crippen molar-refractivity contribution in [2.45, 2.75) is 130 Å². The maximum absolute atomic E-state index is 13.2. The van der Waals surface area contributed by atoms with Gasteiger partial charge in [0.1, 0.15) is 0 Å². The molecule has 0 aliphatic carbocycles. The maximum Gasteiger partial charge on any atom is 0.421 e. The van der Waals surface area contributed by atoms with E-state index in [0.717, 1.165) is 55.1 Å². The van der Waals surface area contributed by atoms with E-state index in [-0.39, 0.29) is 18.3 Å². The Bertz CT molecular complexity index is 761. The van der Waals surface area contributed by atoms with Crippen LogP contribution >= 0.6 is 35.3 Å². The molecule has 1 fully saturated rings. The van der Waals surface area contributed by atoms with Crippen LogP contribution in [0.5, 0.6) is 0 Å². The van der Waals surface area contributed by atoms with Crippen molar-refractivity contribution in [2.75, 3.05) is 41.1 Å². The fraction of sp³-hybridized carbons (Fsp3) is 0.906. The second kappa shape index (κ2) is 24.6. The van der Waals surface area contributed by atoms with Gasteiger partial charge in [0.25, 0.3) is 0 Å². The molecular weight excluding hydrogens is 609 g/mol. The van der Waals surface area contributed by atoms with Gasteiger partial charge in [-0.2, -0.15) is 45.1 Å². The van der Waals surface area contributed by atoms with Crippen molar-refractivity contribution in [3.05, 3.63) is 0 Å². The van der Waals surface area contributed by atoms with Crippen LogP contribution in [0.4, 0.5) is 0 Å². The molecule has 1 rings (SSSR count). The standard InChI is InChI=1S/C32H58O8S3/c1-6-9-12-15-21-41-24-18-28(33)36-20-19-31(4,5)27(25-42-22-16-13-10-7-2)29(34)37-38-30(35)32(39-40-32)26-43-23-17-14-11-8-3/h27H,6-26H2,1-5H3. The summed E-state index contributed by atoms with van der Waals surface area (Å²) < 4.78 is 5.51. The molecule has 43 heavy (non-hydrogen) atoms. The largest absolute Gasteiger partial charge is 0.466 e. The lowest BCUT2D eigenvalue weighted by Gasteiger charge is -2.31. The molecule has 0 amide bonds. The molecule has 1 atom stereocenters. The topological polar surface area (TPSA) is 104 Å². The van der Waals surface area contributed by atoms with Gasteiger partial charge < -0.3 is 4.74 Å². The van der Waals surface area contributed by atoms with Crippen LogP contribution in [0, 0.1) is 11.3 Å². The minimum absolute atomic E-state index is 0.215. The van der Waals surface area contributed by atoms with Gasteiger partial charge in [-0.25, -0.2) is 19.4 Å². The smallest absolute Gasteiger partial charge is 0.421 e. The summed E-state index contributed by atoms with van der Waals surface area (Å²) in [7, 11) is 0. The second-order valence-corrected chi connectivity index (χ2v) is 15.4. The number of hydrogen-bond donors (Lipinski definition) is 0. The minimum Gasteiger partial charge on any atom is -0.466 e. The normalized spacial score (nSPS) is 14.7. The predicted octanol–water partition coefficient (Wildman–Crippen LogP) is 8.55. The van der Waals surface area contributed by atoms with E-state index in [1.165, 1.54) is 44.9 Å². The van der Waals surface area contributed by atoms with Crippen LogP contribution in [0.1, 0.15) is 125 Å². The molecule has 1 unspecified atom stereocenters. The number of thioether (sulfide) groups is 3. The summed E-state index contributed by atoms with van der Waals surface area (Å²) >= 11 is 5.04. The lowest BCUT2D eigenvalue weighted by atomic mass is 9.77. The fourth-order valence-electron chi connectivity index (χ4n) is 4.27. The Hall–Kier alpha value is -0.620. The quantitative estimate of drug-likeness (QED) is 0.0264. The molecule has 0 aromatic heterocycles. The van der Waals surface area contributed by atoms with Crippen molar-refractivity contribution in [3.8, 4) is 0 Å². The summed E-state index contributed by atoms with van der Waals surface area (Å²) in [5.41, 5.74) is -0.549. The summed E-state index contributed by atoms with van der Waals surface area (Å²) in [6.07, 6.45) is 14.9. The molecular formula is C32H58O8S3. The van der Waals surface area contributed by atoms with Crippen molar-refractivity contribution in [3.63, 3.8) is 0 Å². The van der Waals surface area contributed by atoms with Gasteiger partial charge in [0, 0.05) is 11.5 Å². The highest BCUT2D eigenvalue weighted by molar-refractivity contribution is 7.99. The van der Waals surface area contributed by atoms with E-state index in [2.05, 4.69) is 20.8 Å². The van der Waals surface area contributed by atoms with Gasteiger partial charge in [-0.05, 0) is 48.4 Å². The number of hydrogen-bond acceptors (Lipinski definition) is 11. The van der Waals surface area contributed by atoms with E-state index >= 15 is 0 Å². The van der Waals surface area contributed by atoms with E-state index in [9.17, 15) is 14.4 Å². The molecule has 1 heterocycles. The predicted molar refractivity (Wildman–Crippen MR) is 179 cm³/mol. The molecule has 0 spiro atoms. The summed E-state index contributed by atoms with van der Waals surface area (Å²) in [5, 5.41) is 0. The van der Waals surface area contributed by atoms with Gasteiger partial charge in [-0.1, -0.05) is 92.4 Å². The zero-order valence-corrected chi connectivity index (χ0v) is 29.9. The van der Waals surface area contributed by atoms with Crippen molar-refractivity contribution in [1.82, 2.24) is 0 Å². The van der Waals surface area contributed by atoms with E-state index in [1.807, 2.05) is 13.8 Å². The molecule has 8 nitrogen and oxygen atoms in total. The lowest BCUT2D eigenvalue weighted by Crippen LogP contribution is -2.37.